The number of hydrogen-bond donors (Lipinski definition) is 1. The Balaban J connectivity index is 1.48. The number of hydrogen-bond acceptors (Lipinski definition) is 4. The van der Waals surface area contributed by atoms with E-state index in [4.69, 9.17) is 9.15 Å². The van der Waals surface area contributed by atoms with Gasteiger partial charge in [-0.2, -0.15) is 0 Å². The number of nitrogens with zero attached hydrogens (tertiary/aromatic N) is 1. The third kappa shape index (κ3) is 4.67. The minimum atomic E-state index is -0.702. The molecule has 2 amide bonds. The molecule has 1 aromatic heterocycles. The monoisotopic (exact) mass is 374 g/mol. The first-order valence-electron chi connectivity index (χ1n) is 9.00. The number of furan rings is 1. The van der Waals surface area contributed by atoms with Gasteiger partial charge in [0.1, 0.15) is 17.3 Å². The zero-order chi connectivity index (χ0) is 19.4. The van der Waals surface area contributed by atoms with Crippen molar-refractivity contribution in [3.05, 3.63) is 53.7 Å². The van der Waals surface area contributed by atoms with Crippen molar-refractivity contribution in [1.29, 1.82) is 0 Å². The van der Waals surface area contributed by atoms with Gasteiger partial charge in [0, 0.05) is 25.2 Å². The number of likely N-dealkylation sites (tertiary alicyclic amines) is 1. The third-order valence-electron chi connectivity index (χ3n) is 4.70. The Kier molecular flexibility index (Phi) is 5.78. The van der Waals surface area contributed by atoms with Gasteiger partial charge in [-0.15, -0.1) is 0 Å². The largest absolute Gasteiger partial charge is 0.481 e. The minimum Gasteiger partial charge on any atom is -0.481 e. The number of amides is 2. The molecule has 0 aliphatic carbocycles. The molecule has 0 spiro atoms. The summed E-state index contributed by atoms with van der Waals surface area (Å²) in [5.41, 5.74) is 0.533. The predicted octanol–water partition coefficient (Wildman–Crippen LogP) is 2.92. The number of ether oxygens (including phenoxy) is 1. The summed E-state index contributed by atoms with van der Waals surface area (Å²) in [5, 5.41) is 2.99. The van der Waals surface area contributed by atoms with E-state index < -0.39 is 11.9 Å². The van der Waals surface area contributed by atoms with Crippen LogP contribution in [-0.4, -0.2) is 41.9 Å². The summed E-state index contributed by atoms with van der Waals surface area (Å²) < 4.78 is 23.9. The van der Waals surface area contributed by atoms with Gasteiger partial charge in [0.25, 0.3) is 11.8 Å². The summed E-state index contributed by atoms with van der Waals surface area (Å²) >= 11 is 0. The van der Waals surface area contributed by atoms with Crippen LogP contribution in [0.15, 0.2) is 41.0 Å². The Morgan fingerprint density at radius 1 is 1.30 bits per heavy atom. The molecule has 1 aromatic carbocycles. The summed E-state index contributed by atoms with van der Waals surface area (Å²) in [7, 11) is 0. The molecule has 0 saturated carbocycles. The number of rotatable bonds is 5. The lowest BCUT2D eigenvalue weighted by atomic mass is 10.0. The molecule has 0 radical (unpaired) electrons. The van der Waals surface area contributed by atoms with Gasteiger partial charge in [-0.25, -0.2) is 4.39 Å². The van der Waals surface area contributed by atoms with Crippen LogP contribution in [0.4, 0.5) is 4.39 Å². The molecular weight excluding hydrogens is 351 g/mol. The van der Waals surface area contributed by atoms with Crippen LogP contribution in [0.3, 0.4) is 0 Å². The van der Waals surface area contributed by atoms with Crippen LogP contribution in [0.5, 0.6) is 5.75 Å². The van der Waals surface area contributed by atoms with E-state index >= 15 is 0 Å². The molecule has 1 N–H and O–H groups in total. The van der Waals surface area contributed by atoms with Crippen LogP contribution in [0.2, 0.25) is 0 Å². The second kappa shape index (κ2) is 8.24. The van der Waals surface area contributed by atoms with Crippen LogP contribution in [0, 0.1) is 12.7 Å². The van der Waals surface area contributed by atoms with E-state index in [2.05, 4.69) is 5.32 Å². The van der Waals surface area contributed by atoms with Crippen molar-refractivity contribution in [2.45, 2.75) is 38.8 Å². The van der Waals surface area contributed by atoms with Gasteiger partial charge >= 0.3 is 0 Å². The molecular formula is C20H23FN2O4. The van der Waals surface area contributed by atoms with Gasteiger partial charge in [0.05, 0.1) is 11.8 Å². The van der Waals surface area contributed by atoms with Crippen molar-refractivity contribution in [2.75, 3.05) is 13.1 Å². The van der Waals surface area contributed by atoms with Gasteiger partial charge in [0.15, 0.2) is 6.10 Å². The topological polar surface area (TPSA) is 71.8 Å². The third-order valence-corrected chi connectivity index (χ3v) is 4.70. The molecule has 0 bridgehead atoms. The Morgan fingerprint density at radius 3 is 2.67 bits per heavy atom. The summed E-state index contributed by atoms with van der Waals surface area (Å²) in [6.45, 7) is 4.47. The lowest BCUT2D eigenvalue weighted by Crippen LogP contribution is -2.49. The van der Waals surface area contributed by atoms with Crippen molar-refractivity contribution in [1.82, 2.24) is 10.2 Å². The van der Waals surface area contributed by atoms with Gasteiger partial charge in [0.2, 0.25) is 0 Å². The van der Waals surface area contributed by atoms with E-state index in [0.29, 0.717) is 43.0 Å². The minimum absolute atomic E-state index is 0.00953. The molecule has 1 unspecified atom stereocenters. The molecule has 3 rings (SSSR count). The fourth-order valence-electron chi connectivity index (χ4n) is 3.18. The normalized spacial score (nSPS) is 16.0. The second-order valence-electron chi connectivity index (χ2n) is 6.68. The van der Waals surface area contributed by atoms with Crippen LogP contribution in [-0.2, 0) is 4.79 Å². The lowest BCUT2D eigenvalue weighted by molar-refractivity contribution is -0.139. The average molecular weight is 374 g/mol. The Labute approximate surface area is 157 Å². The first-order chi connectivity index (χ1) is 12.9. The lowest BCUT2D eigenvalue weighted by Gasteiger charge is -2.33. The summed E-state index contributed by atoms with van der Waals surface area (Å²) in [6.07, 6.45) is 2.12. The van der Waals surface area contributed by atoms with Crippen molar-refractivity contribution < 1.29 is 23.1 Å². The van der Waals surface area contributed by atoms with Crippen molar-refractivity contribution >= 4 is 11.8 Å². The molecule has 1 atom stereocenters. The molecule has 144 valence electrons. The number of carbonyl (C=O) groups excluding carboxylic acids is 2. The first kappa shape index (κ1) is 18.9. The van der Waals surface area contributed by atoms with Gasteiger partial charge in [-0.3, -0.25) is 9.59 Å². The zero-order valence-corrected chi connectivity index (χ0v) is 15.4. The predicted molar refractivity (Wildman–Crippen MR) is 97.0 cm³/mol. The second-order valence-corrected chi connectivity index (χ2v) is 6.68. The molecule has 6 nitrogen and oxygen atoms in total. The Morgan fingerprint density at radius 2 is 2.04 bits per heavy atom. The number of piperidine rings is 1. The maximum atomic E-state index is 13.2. The molecule has 1 aliphatic heterocycles. The summed E-state index contributed by atoms with van der Waals surface area (Å²) in [5.74, 6) is 0.206. The smallest absolute Gasteiger partial charge is 0.263 e. The Hall–Kier alpha value is -2.83. The van der Waals surface area contributed by atoms with Crippen molar-refractivity contribution in [3.63, 3.8) is 0 Å². The highest BCUT2D eigenvalue weighted by molar-refractivity contribution is 5.95. The van der Waals surface area contributed by atoms with Crippen LogP contribution < -0.4 is 10.1 Å². The molecule has 2 aromatic rings. The molecule has 1 fully saturated rings. The highest BCUT2D eigenvalue weighted by Crippen LogP contribution is 2.17. The fourth-order valence-corrected chi connectivity index (χ4v) is 3.18. The summed E-state index contributed by atoms with van der Waals surface area (Å²) in [4.78, 5) is 26.5. The molecule has 2 heterocycles. The molecule has 27 heavy (non-hydrogen) atoms. The van der Waals surface area contributed by atoms with Crippen molar-refractivity contribution in [3.8, 4) is 5.75 Å². The first-order valence-corrected chi connectivity index (χ1v) is 9.00. The highest BCUT2D eigenvalue weighted by atomic mass is 19.1. The van der Waals surface area contributed by atoms with Crippen LogP contribution >= 0.6 is 0 Å². The maximum absolute atomic E-state index is 13.2. The van der Waals surface area contributed by atoms with E-state index in [0.717, 1.165) is 0 Å². The average Bonchev–Trinajstić information content (AvgIpc) is 3.08. The van der Waals surface area contributed by atoms with E-state index in [9.17, 15) is 14.0 Å². The number of carbonyl (C=O) groups is 2. The van der Waals surface area contributed by atoms with Gasteiger partial charge in [-0.05, 0) is 44.9 Å². The number of benzene rings is 1. The highest BCUT2D eigenvalue weighted by Gasteiger charge is 2.28. The summed E-state index contributed by atoms with van der Waals surface area (Å²) in [6, 6.07) is 7.39. The SMILES string of the molecule is Cc1occc1C(=O)NC1CCN(C(=O)C(C)Oc2cccc(F)c2)CC1. The zero-order valence-electron chi connectivity index (χ0n) is 15.4. The van der Waals surface area contributed by atoms with E-state index in [-0.39, 0.29) is 17.9 Å². The quantitative estimate of drug-likeness (QED) is 0.874. The molecule has 1 saturated heterocycles. The van der Waals surface area contributed by atoms with Crippen LogP contribution in [0.25, 0.3) is 0 Å². The van der Waals surface area contributed by atoms with Crippen molar-refractivity contribution in [2.24, 2.45) is 0 Å². The van der Waals surface area contributed by atoms with E-state index in [1.165, 1.54) is 24.5 Å². The molecule has 7 heteroatoms. The number of aryl methyl sites for hydroxylation is 1. The Bertz CT molecular complexity index is 812. The number of nitrogens with one attached hydrogen (secondary N) is 1. The standard InChI is InChI=1S/C20H23FN2O4/c1-13-18(8-11-26-13)19(24)22-16-6-9-23(10-7-16)20(25)14(2)27-17-5-3-4-15(21)12-17/h3-5,8,11-12,14,16H,6-7,9-10H2,1-2H3,(H,22,24). The van der Waals surface area contributed by atoms with Gasteiger partial charge in [-0.1, -0.05) is 6.07 Å². The van der Waals surface area contributed by atoms with Gasteiger partial charge < -0.3 is 19.4 Å². The van der Waals surface area contributed by atoms with E-state index in [1.54, 1.807) is 30.9 Å². The number of halogens is 1. The molecule has 1 aliphatic rings. The maximum Gasteiger partial charge on any atom is 0.263 e. The van der Waals surface area contributed by atoms with E-state index in [1.807, 2.05) is 0 Å². The van der Waals surface area contributed by atoms with Crippen LogP contribution in [0.1, 0.15) is 35.9 Å². The fraction of sp³-hybridized carbons (Fsp3) is 0.400.